The highest BCUT2D eigenvalue weighted by Crippen LogP contribution is 2.62. The smallest absolute Gasteiger partial charge is 0.385 e. The molecule has 0 radical (unpaired) electrons. The molecule has 0 aliphatic heterocycles. The van der Waals surface area contributed by atoms with Crippen molar-refractivity contribution in [1.29, 1.82) is 0 Å². The normalized spacial score (nSPS) is 20.4. The Morgan fingerprint density at radius 3 is 1.51 bits per heavy atom. The van der Waals surface area contributed by atoms with Crippen LogP contribution in [0.15, 0.2) is 0 Å². The highest BCUT2D eigenvalue weighted by Gasteiger charge is 2.93. The van der Waals surface area contributed by atoms with E-state index < -0.39 is 66.9 Å². The van der Waals surface area contributed by atoms with E-state index in [1.807, 2.05) is 6.92 Å². The molecule has 2 nitrogen and oxygen atoms in total. The summed E-state index contributed by atoms with van der Waals surface area (Å²) in [6.07, 6.45) is 0.226. The molecule has 0 amide bonds. The summed E-state index contributed by atoms with van der Waals surface area (Å²) in [4.78, 5) is 11.7. The predicted molar refractivity (Wildman–Crippen MR) is 110 cm³/mol. The minimum absolute atomic E-state index is 0.0175. The van der Waals surface area contributed by atoms with Gasteiger partial charge in [0.05, 0.1) is 0 Å². The quantitative estimate of drug-likeness (QED) is 0.0955. The van der Waals surface area contributed by atoms with Crippen LogP contribution in [0.1, 0.15) is 71.1 Å². The average molecular weight is 640 g/mol. The minimum Gasteiger partial charge on any atom is -0.459 e. The third-order valence-electron chi connectivity index (χ3n) is 7.08. The van der Waals surface area contributed by atoms with E-state index in [1.165, 1.54) is 0 Å². The topological polar surface area (TPSA) is 26.3 Å². The number of hydrogen-bond acceptors (Lipinski definition) is 2. The van der Waals surface area contributed by atoms with E-state index in [-0.39, 0.29) is 12.3 Å². The van der Waals surface area contributed by atoms with Crippen LogP contribution in [0.4, 0.5) is 70.2 Å². The molecule has 0 heterocycles. The highest BCUT2D eigenvalue weighted by molar-refractivity contribution is 5.69. The molecule has 0 bridgehead atoms. The molecule has 41 heavy (non-hydrogen) atoms. The number of hydrogen-bond donors (Lipinski definition) is 0. The van der Waals surface area contributed by atoms with Crippen LogP contribution in [-0.2, 0) is 9.53 Å². The number of halogens is 16. The molecule has 1 rings (SSSR count). The fourth-order valence-electron chi connectivity index (χ4n) is 4.32. The highest BCUT2D eigenvalue weighted by atomic mass is 19.4. The van der Waals surface area contributed by atoms with Crippen LogP contribution >= 0.6 is 0 Å². The summed E-state index contributed by atoms with van der Waals surface area (Å²) >= 11 is 0. The van der Waals surface area contributed by atoms with Crippen LogP contribution in [0.25, 0.3) is 0 Å². The molecule has 0 unspecified atom stereocenters. The first-order valence-electron chi connectivity index (χ1n) is 12.4. The second-order valence-corrected chi connectivity index (χ2v) is 10.1. The van der Waals surface area contributed by atoms with E-state index >= 15 is 0 Å². The van der Waals surface area contributed by atoms with Gasteiger partial charge in [0, 0.05) is 6.42 Å². The Balaban J connectivity index is 2.91. The van der Waals surface area contributed by atoms with Crippen LogP contribution < -0.4 is 0 Å². The maximum atomic E-state index is 13.9. The molecule has 1 aliphatic rings. The largest absolute Gasteiger partial charge is 0.459 e. The number of carbonyl (C=O) groups excluding carboxylic acids is 1. The number of alkyl halides is 16. The van der Waals surface area contributed by atoms with E-state index in [1.54, 1.807) is 0 Å². The first-order chi connectivity index (χ1) is 18.3. The van der Waals surface area contributed by atoms with E-state index in [2.05, 4.69) is 4.74 Å². The van der Waals surface area contributed by atoms with Crippen molar-refractivity contribution in [3.8, 4) is 0 Å². The summed E-state index contributed by atoms with van der Waals surface area (Å²) in [7, 11) is 0. The molecule has 244 valence electrons. The lowest BCUT2D eigenvalue weighted by molar-refractivity contribution is -0.447. The number of carbonyl (C=O) groups is 1. The van der Waals surface area contributed by atoms with Gasteiger partial charge in [-0.15, -0.1) is 0 Å². The zero-order valence-electron chi connectivity index (χ0n) is 21.4. The lowest BCUT2D eigenvalue weighted by atomic mass is 9.78. The van der Waals surface area contributed by atoms with Gasteiger partial charge >= 0.3 is 53.9 Å². The molecule has 0 aromatic heterocycles. The van der Waals surface area contributed by atoms with Crippen LogP contribution in [-0.4, -0.2) is 60.5 Å². The molecule has 0 aromatic carbocycles. The second kappa shape index (κ2) is 12.9. The summed E-state index contributed by atoms with van der Waals surface area (Å²) in [6.45, 7) is -1.10. The van der Waals surface area contributed by atoms with E-state index in [0.717, 1.165) is 38.5 Å². The lowest BCUT2D eigenvalue weighted by Gasteiger charge is -2.42. The van der Waals surface area contributed by atoms with Crippen LogP contribution in [0.2, 0.25) is 0 Å². The molecular formula is C23H28F16O2. The van der Waals surface area contributed by atoms with E-state index in [4.69, 9.17) is 0 Å². The molecular weight excluding hydrogens is 612 g/mol. The van der Waals surface area contributed by atoms with Gasteiger partial charge in [0.2, 0.25) is 0 Å². The molecule has 18 heteroatoms. The van der Waals surface area contributed by atoms with E-state index in [0.29, 0.717) is 18.8 Å². The molecule has 1 saturated carbocycles. The van der Waals surface area contributed by atoms with Crippen molar-refractivity contribution in [3.63, 3.8) is 0 Å². The fraction of sp³-hybridized carbons (Fsp3) is 0.957. The predicted octanol–water partition coefficient (Wildman–Crippen LogP) is 9.41. The summed E-state index contributed by atoms with van der Waals surface area (Å²) in [5, 5.41) is 0. The summed E-state index contributed by atoms with van der Waals surface area (Å²) in [5.41, 5.74) is 0. The zero-order chi connectivity index (χ0) is 32.3. The van der Waals surface area contributed by atoms with Crippen LogP contribution in [0.5, 0.6) is 0 Å². The molecule has 1 aliphatic carbocycles. The number of unbranched alkanes of at least 4 members (excludes halogenated alkanes) is 2. The van der Waals surface area contributed by atoms with Gasteiger partial charge < -0.3 is 4.74 Å². The Bertz CT molecular complexity index is 851. The second-order valence-electron chi connectivity index (χ2n) is 10.1. The first-order valence-corrected chi connectivity index (χ1v) is 12.4. The van der Waals surface area contributed by atoms with E-state index in [9.17, 15) is 75.0 Å². The SMILES string of the molecule is CCCCC[C@H]1CC[C@H](CCC(=O)OCC(F)(F)C(F)(F)C(F)(F)C(F)(F)C(F)(F)C(F)(F)C(F)(F)C(F)F)CC1. The average Bonchev–Trinajstić information content (AvgIpc) is 2.86. The number of ether oxygens (including phenoxy) is 1. The van der Waals surface area contributed by atoms with Crippen molar-refractivity contribution in [3.05, 3.63) is 0 Å². The Labute approximate surface area is 224 Å². The maximum absolute atomic E-state index is 13.9. The van der Waals surface area contributed by atoms with Crippen LogP contribution in [0.3, 0.4) is 0 Å². The van der Waals surface area contributed by atoms with Gasteiger partial charge in [-0.1, -0.05) is 58.3 Å². The summed E-state index contributed by atoms with van der Waals surface area (Å²) in [6, 6.07) is 0. The van der Waals surface area contributed by atoms with Crippen molar-refractivity contribution in [1.82, 2.24) is 0 Å². The molecule has 0 atom stereocenters. The molecule has 0 aromatic rings. The van der Waals surface area contributed by atoms with Crippen molar-refractivity contribution in [2.45, 2.75) is 119 Å². The Morgan fingerprint density at radius 1 is 0.659 bits per heavy atom. The summed E-state index contributed by atoms with van der Waals surface area (Å²) in [5.74, 6) is -56.6. The minimum atomic E-state index is -8.46. The van der Waals surface area contributed by atoms with Gasteiger partial charge in [-0.05, 0) is 18.3 Å². The van der Waals surface area contributed by atoms with Crippen molar-refractivity contribution >= 4 is 5.97 Å². The lowest BCUT2D eigenvalue weighted by Crippen LogP contribution is -2.74. The standard InChI is InChI=1S/C23H28F16O2/c1-2-3-4-5-13-6-8-14(9-7-13)10-11-15(40)41-12-17(26,27)19(30,31)21(34,35)23(38,39)22(36,37)20(32,33)18(28,29)16(24)25/h13-14,16H,2-12H2,1H3/t13-,14-. The van der Waals surface area contributed by atoms with Gasteiger partial charge in [-0.3, -0.25) is 4.79 Å². The Hall–Kier alpha value is -1.65. The molecule has 0 saturated heterocycles. The van der Waals surface area contributed by atoms with Gasteiger partial charge in [0.15, 0.2) is 6.61 Å². The monoisotopic (exact) mass is 640 g/mol. The third-order valence-corrected chi connectivity index (χ3v) is 7.08. The van der Waals surface area contributed by atoms with Crippen molar-refractivity contribution in [2.75, 3.05) is 6.61 Å². The Morgan fingerprint density at radius 2 is 1.07 bits per heavy atom. The van der Waals surface area contributed by atoms with Gasteiger partial charge in [0.25, 0.3) is 0 Å². The third kappa shape index (κ3) is 7.12. The molecule has 1 fully saturated rings. The maximum Gasteiger partial charge on any atom is 0.385 e. The summed E-state index contributed by atoms with van der Waals surface area (Å²) < 4.78 is 217. The number of rotatable bonds is 16. The first kappa shape index (κ1) is 37.4. The van der Waals surface area contributed by atoms with Gasteiger partial charge in [0.1, 0.15) is 0 Å². The Kier molecular flexibility index (Phi) is 11.8. The zero-order valence-corrected chi connectivity index (χ0v) is 21.4. The molecule has 0 spiro atoms. The molecule has 0 N–H and O–H groups in total. The van der Waals surface area contributed by atoms with Crippen molar-refractivity contribution in [2.24, 2.45) is 11.8 Å². The van der Waals surface area contributed by atoms with Gasteiger partial charge in [-0.2, -0.15) is 61.5 Å². The fourth-order valence-corrected chi connectivity index (χ4v) is 4.32. The van der Waals surface area contributed by atoms with Gasteiger partial charge in [-0.25, -0.2) is 8.78 Å². The number of esters is 1. The van der Waals surface area contributed by atoms with Crippen LogP contribution in [0, 0.1) is 11.8 Å². The van der Waals surface area contributed by atoms with Crippen molar-refractivity contribution < 1.29 is 79.8 Å².